The van der Waals surface area contributed by atoms with Gasteiger partial charge in [0, 0.05) is 11.1 Å². The van der Waals surface area contributed by atoms with Gasteiger partial charge in [0.05, 0.1) is 0 Å². The second-order valence-electron chi connectivity index (χ2n) is 3.03. The van der Waals surface area contributed by atoms with Crippen LogP contribution < -0.4 is 0 Å². The van der Waals surface area contributed by atoms with Crippen molar-refractivity contribution in [2.24, 2.45) is 0 Å². The van der Waals surface area contributed by atoms with Crippen LogP contribution in [0.3, 0.4) is 0 Å². The number of allylic oxidation sites excluding steroid dienone is 3. The quantitative estimate of drug-likeness (QED) is 0.629. The van der Waals surface area contributed by atoms with Crippen LogP contribution in [0.2, 0.25) is 5.02 Å². The number of benzene rings is 1. The molecule has 0 saturated carbocycles. The van der Waals surface area contributed by atoms with Gasteiger partial charge < -0.3 is 5.11 Å². The zero-order valence-electron chi connectivity index (χ0n) is 8.27. The highest BCUT2D eigenvalue weighted by molar-refractivity contribution is 6.32. The molecular formula is C12H11ClO2. The monoisotopic (exact) mass is 222 g/mol. The highest BCUT2D eigenvalue weighted by Gasteiger charge is 1.99. The summed E-state index contributed by atoms with van der Waals surface area (Å²) in [5.41, 5.74) is 1.84. The molecule has 1 aromatic rings. The van der Waals surface area contributed by atoms with E-state index in [0.29, 0.717) is 5.02 Å². The number of carboxylic acid groups (broad SMARTS) is 1. The Balaban J connectivity index is 2.90. The molecule has 78 valence electrons. The van der Waals surface area contributed by atoms with Crippen molar-refractivity contribution in [2.75, 3.05) is 0 Å². The summed E-state index contributed by atoms with van der Waals surface area (Å²) in [5.74, 6) is -0.960. The summed E-state index contributed by atoms with van der Waals surface area (Å²) in [6.45, 7) is 1.88. The van der Waals surface area contributed by atoms with Crippen LogP contribution >= 0.6 is 11.6 Å². The van der Waals surface area contributed by atoms with Crippen LogP contribution in [0.15, 0.2) is 42.5 Å². The van der Waals surface area contributed by atoms with E-state index in [2.05, 4.69) is 0 Å². The van der Waals surface area contributed by atoms with Crippen LogP contribution in [0.4, 0.5) is 0 Å². The van der Waals surface area contributed by atoms with Crippen molar-refractivity contribution < 1.29 is 9.90 Å². The van der Waals surface area contributed by atoms with Gasteiger partial charge >= 0.3 is 5.97 Å². The van der Waals surface area contributed by atoms with Crippen LogP contribution in [-0.4, -0.2) is 11.1 Å². The van der Waals surface area contributed by atoms with Gasteiger partial charge in [-0.3, -0.25) is 0 Å². The van der Waals surface area contributed by atoms with E-state index in [1.165, 1.54) is 6.08 Å². The van der Waals surface area contributed by atoms with E-state index in [-0.39, 0.29) is 0 Å². The summed E-state index contributed by atoms with van der Waals surface area (Å²) in [6.07, 6.45) is 4.29. The number of carboxylic acids is 1. The first kappa shape index (κ1) is 11.5. The first-order valence-corrected chi connectivity index (χ1v) is 4.82. The molecule has 0 radical (unpaired) electrons. The number of hydrogen-bond donors (Lipinski definition) is 1. The van der Waals surface area contributed by atoms with E-state index in [9.17, 15) is 4.79 Å². The Kier molecular flexibility index (Phi) is 4.13. The summed E-state index contributed by atoms with van der Waals surface area (Å²) in [5, 5.41) is 9.07. The van der Waals surface area contributed by atoms with Gasteiger partial charge in [0.2, 0.25) is 0 Å². The van der Waals surface area contributed by atoms with Gasteiger partial charge in [0.15, 0.2) is 0 Å². The van der Waals surface area contributed by atoms with Crippen molar-refractivity contribution in [2.45, 2.75) is 6.92 Å². The number of aliphatic carboxylic acids is 1. The van der Waals surface area contributed by atoms with Crippen molar-refractivity contribution in [3.05, 3.63) is 53.1 Å². The molecule has 3 heteroatoms. The molecule has 0 aliphatic rings. The zero-order chi connectivity index (χ0) is 11.3. The molecule has 0 unspecified atom stereocenters. The lowest BCUT2D eigenvalue weighted by atomic mass is 10.1. The maximum atomic E-state index is 10.2. The lowest BCUT2D eigenvalue weighted by Gasteiger charge is -2.02. The molecule has 0 bridgehead atoms. The fourth-order valence-electron chi connectivity index (χ4n) is 1.15. The Hall–Kier alpha value is -1.54. The molecule has 0 atom stereocenters. The van der Waals surface area contributed by atoms with Crippen LogP contribution in [-0.2, 0) is 4.79 Å². The molecule has 0 amide bonds. The molecule has 1 aromatic carbocycles. The molecule has 0 aliphatic heterocycles. The van der Waals surface area contributed by atoms with Crippen molar-refractivity contribution in [3.63, 3.8) is 0 Å². The lowest BCUT2D eigenvalue weighted by Crippen LogP contribution is -1.85. The van der Waals surface area contributed by atoms with E-state index < -0.39 is 5.97 Å². The number of hydrogen-bond acceptors (Lipinski definition) is 1. The Morgan fingerprint density at radius 3 is 2.67 bits per heavy atom. The topological polar surface area (TPSA) is 37.3 Å². The molecule has 0 aromatic heterocycles. The SMILES string of the molecule is C/C(=C/C=C/C(=O)O)c1ccccc1Cl. The number of carbonyl (C=O) groups is 1. The van der Waals surface area contributed by atoms with E-state index in [1.54, 1.807) is 12.1 Å². The van der Waals surface area contributed by atoms with Crippen LogP contribution in [0.1, 0.15) is 12.5 Å². The highest BCUT2D eigenvalue weighted by Crippen LogP contribution is 2.22. The Morgan fingerprint density at radius 1 is 1.40 bits per heavy atom. The van der Waals surface area contributed by atoms with Gasteiger partial charge in [-0.2, -0.15) is 0 Å². The fraction of sp³-hybridized carbons (Fsp3) is 0.0833. The lowest BCUT2D eigenvalue weighted by molar-refractivity contribution is -0.131. The van der Waals surface area contributed by atoms with Crippen LogP contribution in [0, 0.1) is 0 Å². The van der Waals surface area contributed by atoms with Gasteiger partial charge in [0.1, 0.15) is 0 Å². The van der Waals surface area contributed by atoms with Crippen molar-refractivity contribution in [1.82, 2.24) is 0 Å². The van der Waals surface area contributed by atoms with E-state index in [0.717, 1.165) is 17.2 Å². The highest BCUT2D eigenvalue weighted by atomic mass is 35.5. The number of halogens is 1. The summed E-state index contributed by atoms with van der Waals surface area (Å²) >= 11 is 5.98. The summed E-state index contributed by atoms with van der Waals surface area (Å²) < 4.78 is 0. The molecule has 1 N–H and O–H groups in total. The molecule has 2 nitrogen and oxygen atoms in total. The van der Waals surface area contributed by atoms with Crippen LogP contribution in [0.5, 0.6) is 0 Å². The second kappa shape index (κ2) is 5.37. The summed E-state index contributed by atoms with van der Waals surface area (Å²) in [6, 6.07) is 7.43. The van der Waals surface area contributed by atoms with Crippen molar-refractivity contribution in [1.29, 1.82) is 0 Å². The van der Waals surface area contributed by atoms with Gasteiger partial charge in [-0.05, 0) is 24.1 Å². The third-order valence-electron chi connectivity index (χ3n) is 1.88. The van der Waals surface area contributed by atoms with Gasteiger partial charge in [-0.1, -0.05) is 42.0 Å². The first-order valence-electron chi connectivity index (χ1n) is 4.44. The summed E-state index contributed by atoms with van der Waals surface area (Å²) in [7, 11) is 0. The minimum Gasteiger partial charge on any atom is -0.478 e. The predicted molar refractivity (Wildman–Crippen MR) is 61.9 cm³/mol. The van der Waals surface area contributed by atoms with Gasteiger partial charge in [0.25, 0.3) is 0 Å². The second-order valence-corrected chi connectivity index (χ2v) is 3.43. The average Bonchev–Trinajstić information content (AvgIpc) is 2.17. The smallest absolute Gasteiger partial charge is 0.328 e. The molecule has 1 rings (SSSR count). The Morgan fingerprint density at radius 2 is 2.07 bits per heavy atom. The summed E-state index contributed by atoms with van der Waals surface area (Å²) in [4.78, 5) is 10.2. The van der Waals surface area contributed by atoms with Gasteiger partial charge in [-0.15, -0.1) is 0 Å². The van der Waals surface area contributed by atoms with Crippen molar-refractivity contribution in [3.8, 4) is 0 Å². The van der Waals surface area contributed by atoms with Crippen molar-refractivity contribution >= 4 is 23.1 Å². The first-order chi connectivity index (χ1) is 7.11. The predicted octanol–water partition coefficient (Wildman–Crippen LogP) is 3.38. The van der Waals surface area contributed by atoms with Gasteiger partial charge in [-0.25, -0.2) is 4.79 Å². The molecule has 15 heavy (non-hydrogen) atoms. The van der Waals surface area contributed by atoms with E-state index in [1.807, 2.05) is 25.1 Å². The minimum atomic E-state index is -0.960. The Bertz CT molecular complexity index is 419. The van der Waals surface area contributed by atoms with E-state index in [4.69, 9.17) is 16.7 Å². The molecule has 0 aliphatic carbocycles. The standard InChI is InChI=1S/C12H11ClO2/c1-9(5-4-8-12(14)15)10-6-2-3-7-11(10)13/h2-8H,1H3,(H,14,15)/b8-4+,9-5-. The normalized spacial score (nSPS) is 12.0. The van der Waals surface area contributed by atoms with Crippen LogP contribution in [0.25, 0.3) is 5.57 Å². The maximum Gasteiger partial charge on any atom is 0.328 e. The average molecular weight is 223 g/mol. The number of rotatable bonds is 3. The third kappa shape index (κ3) is 3.60. The zero-order valence-corrected chi connectivity index (χ0v) is 9.03. The molecule has 0 fully saturated rings. The molecule has 0 spiro atoms. The molecule has 0 heterocycles. The minimum absolute atomic E-state index is 0.662. The Labute approximate surface area is 93.5 Å². The largest absolute Gasteiger partial charge is 0.478 e. The molecular weight excluding hydrogens is 212 g/mol. The van der Waals surface area contributed by atoms with E-state index >= 15 is 0 Å². The fourth-order valence-corrected chi connectivity index (χ4v) is 1.43. The maximum absolute atomic E-state index is 10.2. The molecule has 0 saturated heterocycles. The third-order valence-corrected chi connectivity index (χ3v) is 2.21.